The Morgan fingerprint density at radius 1 is 1.14 bits per heavy atom. The second-order valence-corrected chi connectivity index (χ2v) is 6.72. The largest absolute Gasteiger partial charge is 0.389 e. The van der Waals surface area contributed by atoms with E-state index in [0.717, 1.165) is 5.56 Å². The number of thiocarbonyl (C=S) groups is 1. The first-order valence-corrected chi connectivity index (χ1v) is 8.11. The van der Waals surface area contributed by atoms with Gasteiger partial charge in [-0.15, -0.1) is 0 Å². The molecule has 108 valence electrons. The maximum absolute atomic E-state index is 12.3. The summed E-state index contributed by atoms with van der Waals surface area (Å²) in [6, 6.07) is 10.2. The Morgan fingerprint density at radius 3 is 2.43 bits per heavy atom. The molecule has 0 heterocycles. The molecular weight excluding hydrogens is 439 g/mol. The van der Waals surface area contributed by atoms with Crippen molar-refractivity contribution in [2.45, 2.75) is 0 Å². The predicted molar refractivity (Wildman–Crippen MR) is 97.1 cm³/mol. The lowest BCUT2D eigenvalue weighted by molar-refractivity contribution is 0.102. The molecule has 0 aromatic heterocycles. The molecule has 1 amide bonds. The molecule has 0 aliphatic heterocycles. The van der Waals surface area contributed by atoms with Crippen LogP contribution < -0.4 is 11.1 Å². The van der Waals surface area contributed by atoms with E-state index in [2.05, 4.69) is 37.2 Å². The van der Waals surface area contributed by atoms with Crippen molar-refractivity contribution in [1.82, 2.24) is 0 Å². The molecule has 0 unspecified atom stereocenters. The molecule has 3 nitrogen and oxygen atoms in total. The summed E-state index contributed by atoms with van der Waals surface area (Å²) >= 11 is 17.5. The number of nitrogens with two attached hydrogens (primary N) is 1. The van der Waals surface area contributed by atoms with E-state index in [4.69, 9.17) is 29.6 Å². The molecule has 0 bridgehead atoms. The molecule has 21 heavy (non-hydrogen) atoms. The number of benzene rings is 2. The first-order chi connectivity index (χ1) is 9.88. The van der Waals surface area contributed by atoms with E-state index in [1.807, 2.05) is 0 Å². The summed E-state index contributed by atoms with van der Waals surface area (Å²) in [5, 5.41) is 3.37. The van der Waals surface area contributed by atoms with Gasteiger partial charge >= 0.3 is 0 Å². The van der Waals surface area contributed by atoms with Crippen molar-refractivity contribution in [2.75, 3.05) is 5.32 Å². The standard InChI is InChI=1S/C14H9Br2ClN2OS/c15-10-6-8(17)2-3-9(10)14(20)19-12-4-1-7(13(18)21)5-11(12)16/h1-6H,(H2,18,21)(H,19,20). The summed E-state index contributed by atoms with van der Waals surface area (Å²) in [4.78, 5) is 12.6. The third kappa shape index (κ3) is 4.03. The molecule has 0 aliphatic rings. The van der Waals surface area contributed by atoms with E-state index < -0.39 is 0 Å². The molecule has 0 saturated carbocycles. The van der Waals surface area contributed by atoms with Gasteiger partial charge in [0.15, 0.2) is 0 Å². The average Bonchev–Trinajstić information content (AvgIpc) is 2.40. The number of anilines is 1. The number of carbonyl (C=O) groups excluding carboxylic acids is 1. The van der Waals surface area contributed by atoms with Crippen LogP contribution in [0.2, 0.25) is 5.02 Å². The fraction of sp³-hybridized carbons (Fsp3) is 0. The average molecular weight is 449 g/mol. The van der Waals surface area contributed by atoms with Crippen molar-refractivity contribution < 1.29 is 4.79 Å². The van der Waals surface area contributed by atoms with Crippen molar-refractivity contribution in [2.24, 2.45) is 5.73 Å². The molecule has 0 atom stereocenters. The first-order valence-electron chi connectivity index (χ1n) is 5.74. The predicted octanol–water partition coefficient (Wildman–Crippen LogP) is 4.75. The normalized spacial score (nSPS) is 10.2. The van der Waals surface area contributed by atoms with Gasteiger partial charge in [0.25, 0.3) is 5.91 Å². The van der Waals surface area contributed by atoms with Crippen molar-refractivity contribution >= 4 is 72.3 Å². The van der Waals surface area contributed by atoms with Gasteiger partial charge in [-0.2, -0.15) is 0 Å². The van der Waals surface area contributed by atoms with E-state index >= 15 is 0 Å². The Balaban J connectivity index is 2.25. The van der Waals surface area contributed by atoms with Crippen molar-refractivity contribution in [3.8, 4) is 0 Å². The SMILES string of the molecule is NC(=S)c1ccc(NC(=O)c2ccc(Cl)cc2Br)c(Br)c1. The minimum atomic E-state index is -0.248. The third-order valence-electron chi connectivity index (χ3n) is 2.68. The molecule has 0 saturated heterocycles. The number of nitrogens with one attached hydrogen (secondary N) is 1. The van der Waals surface area contributed by atoms with Crippen molar-refractivity contribution in [3.05, 3.63) is 61.5 Å². The van der Waals surface area contributed by atoms with Crippen LogP contribution in [0, 0.1) is 0 Å². The van der Waals surface area contributed by atoms with Crippen LogP contribution >= 0.6 is 55.7 Å². The number of halogens is 3. The highest BCUT2D eigenvalue weighted by Gasteiger charge is 2.12. The van der Waals surface area contributed by atoms with E-state index in [-0.39, 0.29) is 5.91 Å². The van der Waals surface area contributed by atoms with Gasteiger partial charge in [-0.1, -0.05) is 23.8 Å². The number of rotatable bonds is 3. The minimum Gasteiger partial charge on any atom is -0.389 e. The molecule has 0 radical (unpaired) electrons. The maximum atomic E-state index is 12.3. The first kappa shape index (κ1) is 16.4. The molecule has 2 rings (SSSR count). The van der Waals surface area contributed by atoms with Crippen LogP contribution in [0.5, 0.6) is 0 Å². The summed E-state index contributed by atoms with van der Waals surface area (Å²) in [7, 11) is 0. The van der Waals surface area contributed by atoms with Crippen LogP contribution in [-0.2, 0) is 0 Å². The highest BCUT2D eigenvalue weighted by Crippen LogP contribution is 2.26. The molecular formula is C14H9Br2ClN2OS. The second kappa shape index (κ2) is 6.87. The molecule has 0 spiro atoms. The van der Waals surface area contributed by atoms with Gasteiger partial charge in [0.1, 0.15) is 4.99 Å². The molecule has 2 aromatic rings. The zero-order valence-electron chi connectivity index (χ0n) is 10.5. The Labute approximate surface area is 149 Å². The van der Waals surface area contributed by atoms with Gasteiger partial charge in [-0.25, -0.2) is 0 Å². The van der Waals surface area contributed by atoms with Crippen LogP contribution in [0.1, 0.15) is 15.9 Å². The second-order valence-electron chi connectivity index (χ2n) is 4.14. The lowest BCUT2D eigenvalue weighted by atomic mass is 10.2. The van der Waals surface area contributed by atoms with Crippen LogP contribution in [0.25, 0.3) is 0 Å². The van der Waals surface area contributed by atoms with E-state index in [0.29, 0.717) is 30.2 Å². The number of hydrogen-bond acceptors (Lipinski definition) is 2. The maximum Gasteiger partial charge on any atom is 0.256 e. The Morgan fingerprint density at radius 2 is 1.86 bits per heavy atom. The monoisotopic (exact) mass is 446 g/mol. The third-order valence-corrected chi connectivity index (χ3v) is 4.46. The van der Waals surface area contributed by atoms with Gasteiger partial charge in [0.2, 0.25) is 0 Å². The molecule has 0 aliphatic carbocycles. The van der Waals surface area contributed by atoms with Gasteiger partial charge < -0.3 is 11.1 Å². The lowest BCUT2D eigenvalue weighted by Gasteiger charge is -2.10. The van der Waals surface area contributed by atoms with Gasteiger partial charge in [0, 0.05) is 19.5 Å². The summed E-state index contributed by atoms with van der Waals surface area (Å²) in [6.07, 6.45) is 0. The van der Waals surface area contributed by atoms with E-state index in [9.17, 15) is 4.79 Å². The highest BCUT2D eigenvalue weighted by molar-refractivity contribution is 9.11. The van der Waals surface area contributed by atoms with Crippen LogP contribution in [0.3, 0.4) is 0 Å². The lowest BCUT2D eigenvalue weighted by Crippen LogP contribution is -2.14. The van der Waals surface area contributed by atoms with Crippen LogP contribution in [0.4, 0.5) is 5.69 Å². The van der Waals surface area contributed by atoms with Gasteiger partial charge in [-0.05, 0) is 68.3 Å². The molecule has 0 fully saturated rings. The zero-order chi connectivity index (χ0) is 15.6. The summed E-state index contributed by atoms with van der Waals surface area (Å²) in [5.41, 5.74) is 7.41. The fourth-order valence-corrected chi connectivity index (χ4v) is 3.10. The topological polar surface area (TPSA) is 55.1 Å². The van der Waals surface area contributed by atoms with Crippen LogP contribution in [-0.4, -0.2) is 10.9 Å². The highest BCUT2D eigenvalue weighted by atomic mass is 79.9. The summed E-state index contributed by atoms with van der Waals surface area (Å²) < 4.78 is 1.33. The van der Waals surface area contributed by atoms with Crippen molar-refractivity contribution in [3.63, 3.8) is 0 Å². The fourth-order valence-electron chi connectivity index (χ4n) is 1.63. The number of hydrogen-bond donors (Lipinski definition) is 2. The van der Waals surface area contributed by atoms with E-state index in [1.165, 1.54) is 0 Å². The van der Waals surface area contributed by atoms with Crippen LogP contribution in [0.15, 0.2) is 45.3 Å². The Hall–Kier alpha value is -0.950. The quantitative estimate of drug-likeness (QED) is 0.666. The molecule has 7 heteroatoms. The van der Waals surface area contributed by atoms with E-state index in [1.54, 1.807) is 36.4 Å². The van der Waals surface area contributed by atoms with Gasteiger partial charge in [-0.3, -0.25) is 4.79 Å². The smallest absolute Gasteiger partial charge is 0.256 e. The zero-order valence-corrected chi connectivity index (χ0v) is 15.2. The number of carbonyl (C=O) groups is 1. The molecule has 2 aromatic carbocycles. The summed E-state index contributed by atoms with van der Waals surface area (Å²) in [5.74, 6) is -0.248. The summed E-state index contributed by atoms with van der Waals surface area (Å²) in [6.45, 7) is 0. The minimum absolute atomic E-state index is 0.248. The Kier molecular flexibility index (Phi) is 5.37. The number of amides is 1. The Bertz CT molecular complexity index is 737. The molecule has 3 N–H and O–H groups in total. The van der Waals surface area contributed by atoms with Crippen molar-refractivity contribution in [1.29, 1.82) is 0 Å². The van der Waals surface area contributed by atoms with Gasteiger partial charge in [0.05, 0.1) is 11.3 Å².